The van der Waals surface area contributed by atoms with Gasteiger partial charge in [0.05, 0.1) is 11.6 Å². The Morgan fingerprint density at radius 2 is 1.86 bits per heavy atom. The van der Waals surface area contributed by atoms with Crippen molar-refractivity contribution in [3.63, 3.8) is 0 Å². The monoisotopic (exact) mass is 361 g/mol. The molecule has 1 heterocycles. The molecule has 0 bridgehead atoms. The minimum Gasteiger partial charge on any atom is -0.466 e. The Hall–Kier alpha value is -1.43. The summed E-state index contributed by atoms with van der Waals surface area (Å²) < 4.78 is 44.1. The number of hydrogen-bond acceptors (Lipinski definition) is 2. The lowest BCUT2D eigenvalue weighted by Gasteiger charge is -2.17. The van der Waals surface area contributed by atoms with Crippen molar-refractivity contribution in [2.24, 2.45) is 0 Å². The number of nitrogens with one attached hydrogen (secondary N) is 1. The molecule has 0 saturated carbocycles. The van der Waals surface area contributed by atoms with Crippen LogP contribution in [-0.4, -0.2) is 0 Å². The molecule has 1 aromatic carbocycles. The van der Waals surface area contributed by atoms with Crippen LogP contribution in [-0.2, 0) is 6.18 Å². The number of anilines is 1. The smallest absolute Gasteiger partial charge is 0.417 e. The molecule has 0 aliphatic heterocycles. The number of halogens is 4. The molecule has 2 nitrogen and oxygen atoms in total. The first kappa shape index (κ1) is 15.9. The third kappa shape index (κ3) is 3.61. The van der Waals surface area contributed by atoms with Gasteiger partial charge in [-0.1, -0.05) is 15.9 Å². The summed E-state index contributed by atoms with van der Waals surface area (Å²) in [7, 11) is 0. The molecule has 21 heavy (non-hydrogen) atoms. The third-order valence-corrected chi connectivity index (χ3v) is 3.89. The van der Waals surface area contributed by atoms with Crippen LogP contribution < -0.4 is 5.32 Å². The molecule has 2 aromatic rings. The van der Waals surface area contributed by atoms with E-state index in [1.165, 1.54) is 6.07 Å². The number of hydrogen-bond donors (Lipinski definition) is 1. The van der Waals surface area contributed by atoms with E-state index in [0.717, 1.165) is 23.2 Å². The van der Waals surface area contributed by atoms with Crippen LogP contribution in [0.4, 0.5) is 18.9 Å². The van der Waals surface area contributed by atoms with Crippen molar-refractivity contribution in [1.82, 2.24) is 0 Å². The van der Waals surface area contributed by atoms with Gasteiger partial charge in [0.25, 0.3) is 0 Å². The summed E-state index contributed by atoms with van der Waals surface area (Å²) >= 11 is 2.93. The zero-order chi connectivity index (χ0) is 15.8. The number of rotatable bonds is 3. The van der Waals surface area contributed by atoms with Crippen molar-refractivity contribution in [2.75, 3.05) is 5.32 Å². The average molecular weight is 362 g/mol. The summed E-state index contributed by atoms with van der Waals surface area (Å²) in [5.41, 5.74) is 0.653. The maximum Gasteiger partial charge on any atom is 0.417 e. The minimum absolute atomic E-state index is 0.0311. The zero-order valence-corrected chi connectivity index (χ0v) is 13.4. The summed E-state index contributed by atoms with van der Waals surface area (Å²) in [6.07, 6.45) is -4.39. The quantitative estimate of drug-likeness (QED) is 0.741. The minimum atomic E-state index is -4.39. The first-order valence-electron chi connectivity index (χ1n) is 6.38. The van der Waals surface area contributed by atoms with E-state index in [1.54, 1.807) is 6.07 Å². The first-order valence-corrected chi connectivity index (χ1v) is 7.18. The first-order chi connectivity index (χ1) is 9.68. The van der Waals surface area contributed by atoms with Crippen molar-refractivity contribution >= 4 is 21.6 Å². The van der Waals surface area contributed by atoms with Crippen LogP contribution >= 0.6 is 15.9 Å². The standard InChI is InChI=1S/C15H15BrF3NO/c1-8-6-12(10(3)21-8)9(2)20-11-4-5-14(16)13(7-11)15(17,18)19/h4-7,9,20H,1-3H3. The van der Waals surface area contributed by atoms with Gasteiger partial charge in [0.2, 0.25) is 0 Å². The van der Waals surface area contributed by atoms with Crippen LogP contribution in [0.15, 0.2) is 33.2 Å². The van der Waals surface area contributed by atoms with Crippen molar-refractivity contribution in [1.29, 1.82) is 0 Å². The van der Waals surface area contributed by atoms with Crippen LogP contribution in [0.25, 0.3) is 0 Å². The van der Waals surface area contributed by atoms with E-state index < -0.39 is 11.7 Å². The van der Waals surface area contributed by atoms with Gasteiger partial charge in [-0.05, 0) is 45.0 Å². The fraction of sp³-hybridized carbons (Fsp3) is 0.333. The van der Waals surface area contributed by atoms with Gasteiger partial charge < -0.3 is 9.73 Å². The molecule has 0 saturated heterocycles. The Kier molecular flexibility index (Phi) is 4.37. The van der Waals surface area contributed by atoms with Gasteiger partial charge in [0.1, 0.15) is 11.5 Å². The van der Waals surface area contributed by atoms with Gasteiger partial charge >= 0.3 is 6.18 Å². The molecule has 0 amide bonds. The van der Waals surface area contributed by atoms with Gasteiger partial charge in [0.15, 0.2) is 0 Å². The Bertz CT molecular complexity index is 649. The molecule has 2 rings (SSSR count). The van der Waals surface area contributed by atoms with Gasteiger partial charge in [0, 0.05) is 15.7 Å². The van der Waals surface area contributed by atoms with Crippen LogP contribution in [0.3, 0.4) is 0 Å². The van der Waals surface area contributed by atoms with Crippen LogP contribution in [0.5, 0.6) is 0 Å². The highest BCUT2D eigenvalue weighted by Gasteiger charge is 2.33. The van der Waals surface area contributed by atoms with Crippen molar-refractivity contribution < 1.29 is 17.6 Å². The summed E-state index contributed by atoms with van der Waals surface area (Å²) in [5.74, 6) is 1.54. The third-order valence-electron chi connectivity index (χ3n) is 3.20. The van der Waals surface area contributed by atoms with E-state index in [4.69, 9.17) is 4.42 Å². The summed E-state index contributed by atoms with van der Waals surface area (Å²) in [5, 5.41) is 3.07. The van der Waals surface area contributed by atoms with E-state index >= 15 is 0 Å². The fourth-order valence-electron chi connectivity index (χ4n) is 2.24. The van der Waals surface area contributed by atoms with Crippen molar-refractivity contribution in [3.05, 3.63) is 51.4 Å². The SMILES string of the molecule is Cc1cc(C(C)Nc2ccc(Br)c(C(F)(F)F)c2)c(C)o1. The summed E-state index contributed by atoms with van der Waals surface area (Å²) in [6.45, 7) is 5.56. The maximum absolute atomic E-state index is 12.9. The van der Waals surface area contributed by atoms with E-state index in [9.17, 15) is 13.2 Å². The average Bonchev–Trinajstić information content (AvgIpc) is 2.69. The normalized spacial score (nSPS) is 13.3. The fourth-order valence-corrected chi connectivity index (χ4v) is 2.71. The second kappa shape index (κ2) is 5.75. The highest BCUT2D eigenvalue weighted by molar-refractivity contribution is 9.10. The van der Waals surface area contributed by atoms with Crippen LogP contribution in [0.1, 0.15) is 35.6 Å². The van der Waals surface area contributed by atoms with Gasteiger partial charge in [-0.2, -0.15) is 13.2 Å². The molecule has 1 atom stereocenters. The van der Waals surface area contributed by atoms with E-state index in [0.29, 0.717) is 5.69 Å². The van der Waals surface area contributed by atoms with Crippen LogP contribution in [0.2, 0.25) is 0 Å². The second-order valence-corrected chi connectivity index (χ2v) is 5.78. The molecular weight excluding hydrogens is 347 g/mol. The van der Waals surface area contributed by atoms with Gasteiger partial charge in [-0.3, -0.25) is 0 Å². The second-order valence-electron chi connectivity index (χ2n) is 4.93. The van der Waals surface area contributed by atoms with Crippen molar-refractivity contribution in [3.8, 4) is 0 Å². The van der Waals surface area contributed by atoms with Crippen LogP contribution in [0, 0.1) is 13.8 Å². The number of alkyl halides is 3. The molecule has 1 aromatic heterocycles. The Balaban J connectivity index is 2.26. The molecule has 0 aliphatic carbocycles. The Morgan fingerprint density at radius 1 is 1.19 bits per heavy atom. The molecule has 0 aliphatic rings. The predicted octanol–water partition coefficient (Wildman–Crippen LogP) is 5.85. The summed E-state index contributed by atoms with van der Waals surface area (Å²) in [6, 6.07) is 5.84. The van der Waals surface area contributed by atoms with E-state index in [1.807, 2.05) is 26.8 Å². The largest absolute Gasteiger partial charge is 0.466 e. The lowest BCUT2D eigenvalue weighted by atomic mass is 10.1. The number of aryl methyl sites for hydroxylation is 2. The lowest BCUT2D eigenvalue weighted by molar-refractivity contribution is -0.138. The number of benzene rings is 1. The Labute approximate surface area is 129 Å². The highest BCUT2D eigenvalue weighted by Crippen LogP contribution is 2.37. The topological polar surface area (TPSA) is 25.2 Å². The molecular formula is C15H15BrF3NO. The molecule has 0 spiro atoms. The highest BCUT2D eigenvalue weighted by atomic mass is 79.9. The molecule has 6 heteroatoms. The van der Waals surface area contributed by atoms with Gasteiger partial charge in [-0.25, -0.2) is 0 Å². The van der Waals surface area contributed by atoms with Crippen molar-refractivity contribution in [2.45, 2.75) is 33.0 Å². The van der Waals surface area contributed by atoms with Gasteiger partial charge in [-0.15, -0.1) is 0 Å². The van der Waals surface area contributed by atoms with E-state index in [2.05, 4.69) is 21.2 Å². The zero-order valence-electron chi connectivity index (χ0n) is 11.8. The van der Waals surface area contributed by atoms with E-state index in [-0.39, 0.29) is 10.5 Å². The molecule has 1 N–H and O–H groups in total. The molecule has 0 fully saturated rings. The number of furan rings is 1. The predicted molar refractivity (Wildman–Crippen MR) is 79.4 cm³/mol. The maximum atomic E-state index is 12.9. The lowest BCUT2D eigenvalue weighted by Crippen LogP contribution is -2.10. The Morgan fingerprint density at radius 3 is 2.38 bits per heavy atom. The molecule has 114 valence electrons. The molecule has 1 unspecified atom stereocenters. The molecule has 0 radical (unpaired) electrons. The summed E-state index contributed by atoms with van der Waals surface area (Å²) in [4.78, 5) is 0.